The molecule has 0 bridgehead atoms. The maximum absolute atomic E-state index is 8.88. The van der Waals surface area contributed by atoms with E-state index < -0.39 is 7.82 Å². The van der Waals surface area contributed by atoms with Gasteiger partial charge in [0.2, 0.25) is 11.8 Å². The van der Waals surface area contributed by atoms with Crippen LogP contribution in [0.25, 0.3) is 0 Å². The first kappa shape index (κ1) is 17.6. The van der Waals surface area contributed by atoms with Gasteiger partial charge in [-0.15, -0.1) is 0 Å². The predicted molar refractivity (Wildman–Crippen MR) is 59.6 cm³/mol. The lowest BCUT2D eigenvalue weighted by Crippen LogP contribution is -2.20. The fourth-order valence-electron chi connectivity index (χ4n) is 0.464. The Morgan fingerprint density at radius 1 is 1.47 bits per heavy atom. The van der Waals surface area contributed by atoms with Crippen LogP contribution in [-0.2, 0) is 11.6 Å². The van der Waals surface area contributed by atoms with Crippen LogP contribution >= 0.6 is 7.82 Å². The second-order valence-electron chi connectivity index (χ2n) is 2.54. The highest BCUT2D eigenvalue weighted by Gasteiger charge is 2.00. The van der Waals surface area contributed by atoms with Gasteiger partial charge >= 0.3 is 7.82 Å². The van der Waals surface area contributed by atoms with Gasteiger partial charge in [-0.3, -0.25) is 5.41 Å². The molecule has 0 aliphatic carbocycles. The third-order valence-corrected chi connectivity index (χ3v) is 0.900. The van der Waals surface area contributed by atoms with Crippen molar-refractivity contribution in [3.63, 3.8) is 0 Å². The Labute approximate surface area is 96.2 Å². The van der Waals surface area contributed by atoms with E-state index in [1.165, 1.54) is 10.8 Å². The maximum atomic E-state index is 8.88. The molecule has 11 N–H and O–H groups in total. The van der Waals surface area contributed by atoms with Gasteiger partial charge in [-0.1, -0.05) is 0 Å². The minimum atomic E-state index is -4.64. The van der Waals surface area contributed by atoms with Crippen molar-refractivity contribution in [3.8, 4) is 5.88 Å². The maximum Gasteiger partial charge on any atom is 0.466 e. The van der Waals surface area contributed by atoms with Crippen LogP contribution in [0.15, 0.2) is 6.20 Å². The van der Waals surface area contributed by atoms with Crippen molar-refractivity contribution in [2.45, 2.75) is 0 Å². The average Bonchev–Trinajstić information content (AvgIpc) is 2.23. The van der Waals surface area contributed by atoms with E-state index >= 15 is 0 Å². The van der Waals surface area contributed by atoms with Crippen LogP contribution < -0.4 is 17.2 Å². The SMILES string of the molecule is Cn1cc(O)nc1N.N=C(N)N.O=P(O)(O)O. The summed E-state index contributed by atoms with van der Waals surface area (Å²) >= 11 is 0. The van der Waals surface area contributed by atoms with Crippen LogP contribution in [0, 0.1) is 5.41 Å². The summed E-state index contributed by atoms with van der Waals surface area (Å²) in [6.45, 7) is 0. The first-order valence-corrected chi connectivity index (χ1v) is 5.35. The van der Waals surface area contributed by atoms with Crippen molar-refractivity contribution in [3.05, 3.63) is 6.20 Å². The monoisotopic (exact) mass is 270 g/mol. The summed E-state index contributed by atoms with van der Waals surface area (Å²) < 4.78 is 10.4. The zero-order valence-electron chi connectivity index (χ0n) is 8.85. The van der Waals surface area contributed by atoms with Crippen LogP contribution in [0.4, 0.5) is 5.95 Å². The first-order chi connectivity index (χ1) is 7.43. The van der Waals surface area contributed by atoms with Crippen LogP contribution in [-0.4, -0.2) is 35.3 Å². The Bertz CT molecular complexity index is 368. The van der Waals surface area contributed by atoms with E-state index in [9.17, 15) is 0 Å². The molecular formula is C5H15N6O5P. The highest BCUT2D eigenvalue weighted by atomic mass is 31.2. The van der Waals surface area contributed by atoms with Crippen LogP contribution in [0.5, 0.6) is 5.88 Å². The number of hydrogen-bond donors (Lipinski definition) is 8. The number of aromatic hydroxyl groups is 1. The van der Waals surface area contributed by atoms with Crippen LogP contribution in [0.1, 0.15) is 0 Å². The molecule has 0 unspecified atom stereocenters. The largest absolute Gasteiger partial charge is 0.492 e. The van der Waals surface area contributed by atoms with E-state index in [-0.39, 0.29) is 11.8 Å². The Balaban J connectivity index is 0. The van der Waals surface area contributed by atoms with Gasteiger partial charge in [0, 0.05) is 7.05 Å². The minimum absolute atomic E-state index is 0.0370. The van der Waals surface area contributed by atoms with Gasteiger partial charge in [-0.2, -0.15) is 4.98 Å². The van der Waals surface area contributed by atoms with Crippen molar-refractivity contribution in [2.75, 3.05) is 5.73 Å². The van der Waals surface area contributed by atoms with Gasteiger partial charge in [0.1, 0.15) is 0 Å². The summed E-state index contributed by atoms with van der Waals surface area (Å²) in [5.74, 6) is -0.0486. The third-order valence-electron chi connectivity index (χ3n) is 0.900. The van der Waals surface area contributed by atoms with E-state index in [2.05, 4.69) is 16.5 Å². The number of phosphoric acid groups is 1. The lowest BCUT2D eigenvalue weighted by Gasteiger charge is -1.86. The molecule has 11 nitrogen and oxygen atoms in total. The Hall–Kier alpha value is -1.81. The van der Waals surface area contributed by atoms with Gasteiger partial charge in [-0.05, 0) is 0 Å². The summed E-state index contributed by atoms with van der Waals surface area (Å²) in [6.07, 6.45) is 1.44. The number of rotatable bonds is 0. The molecule has 0 atom stereocenters. The molecule has 0 spiro atoms. The summed E-state index contributed by atoms with van der Waals surface area (Å²) in [5.41, 5.74) is 14.2. The number of hydrogen-bond acceptors (Lipinski definition) is 5. The lowest BCUT2D eigenvalue weighted by atomic mass is 10.8. The molecule has 12 heteroatoms. The highest BCUT2D eigenvalue weighted by Crippen LogP contribution is 2.25. The Morgan fingerprint density at radius 3 is 1.82 bits per heavy atom. The van der Waals surface area contributed by atoms with Crippen LogP contribution in [0.3, 0.4) is 0 Å². The zero-order valence-corrected chi connectivity index (χ0v) is 9.74. The number of nitrogen functional groups attached to an aromatic ring is 1. The topological polar surface area (TPSA) is 218 Å². The lowest BCUT2D eigenvalue weighted by molar-refractivity contribution is 0.275. The molecule has 1 rings (SSSR count). The third kappa shape index (κ3) is 20.3. The Morgan fingerprint density at radius 2 is 1.76 bits per heavy atom. The number of imidazole rings is 1. The standard InChI is InChI=1S/C4H7N3O.CH5N3.H3O4P/c1-7-2-3(8)6-4(7)5;2-1(3)4;1-5(2,3)4/h2,8H,1H3,(H2,5,6);(H5,2,3,4);(H3,1,2,3,4). The molecule has 0 saturated carbocycles. The van der Waals surface area contributed by atoms with Gasteiger partial charge in [0.25, 0.3) is 0 Å². The molecule has 0 aromatic carbocycles. The average molecular weight is 270 g/mol. The van der Waals surface area contributed by atoms with Gasteiger partial charge in [0.05, 0.1) is 6.20 Å². The molecule has 0 aliphatic heterocycles. The summed E-state index contributed by atoms with van der Waals surface area (Å²) in [5, 5.41) is 14.7. The number of guanidine groups is 1. The number of anilines is 1. The number of nitrogens with one attached hydrogen (secondary N) is 1. The molecule has 17 heavy (non-hydrogen) atoms. The van der Waals surface area contributed by atoms with Crippen LogP contribution in [0.2, 0.25) is 0 Å². The van der Waals surface area contributed by atoms with E-state index in [0.29, 0.717) is 5.95 Å². The fourth-order valence-corrected chi connectivity index (χ4v) is 0.464. The summed E-state index contributed by atoms with van der Waals surface area (Å²) in [7, 11) is -2.93. The number of nitrogens with two attached hydrogens (primary N) is 3. The van der Waals surface area contributed by atoms with E-state index in [1.807, 2.05) is 0 Å². The second kappa shape index (κ2) is 7.46. The van der Waals surface area contributed by atoms with E-state index in [4.69, 9.17) is 35.5 Å². The highest BCUT2D eigenvalue weighted by molar-refractivity contribution is 7.45. The smallest absolute Gasteiger partial charge is 0.466 e. The molecule has 0 saturated heterocycles. The summed E-state index contributed by atoms with van der Waals surface area (Å²) in [6, 6.07) is 0. The molecule has 0 aliphatic rings. The molecule has 0 fully saturated rings. The molecule has 0 amide bonds. The van der Waals surface area contributed by atoms with Crippen molar-refractivity contribution in [2.24, 2.45) is 18.5 Å². The second-order valence-corrected chi connectivity index (χ2v) is 3.56. The molecule has 1 heterocycles. The van der Waals surface area contributed by atoms with Crippen molar-refractivity contribution in [1.29, 1.82) is 5.41 Å². The number of nitrogens with zero attached hydrogens (tertiary/aromatic N) is 2. The van der Waals surface area contributed by atoms with Gasteiger partial charge in [-0.25, -0.2) is 4.57 Å². The van der Waals surface area contributed by atoms with Gasteiger partial charge < -0.3 is 41.6 Å². The Kier molecular flexibility index (Phi) is 7.72. The van der Waals surface area contributed by atoms with E-state index in [0.717, 1.165) is 0 Å². The van der Waals surface area contributed by atoms with Crippen molar-refractivity contribution in [1.82, 2.24) is 9.55 Å². The fraction of sp³-hybridized carbons (Fsp3) is 0.200. The quantitative estimate of drug-likeness (QED) is 0.143. The molecule has 1 aromatic heterocycles. The van der Waals surface area contributed by atoms with E-state index in [1.54, 1.807) is 7.05 Å². The number of aromatic nitrogens is 2. The summed E-state index contributed by atoms with van der Waals surface area (Å²) in [4.78, 5) is 25.1. The minimum Gasteiger partial charge on any atom is -0.492 e. The zero-order chi connectivity index (χ0) is 14.2. The first-order valence-electron chi connectivity index (χ1n) is 3.79. The van der Waals surface area contributed by atoms with Gasteiger partial charge in [0.15, 0.2) is 5.96 Å². The van der Waals surface area contributed by atoms with Crippen molar-refractivity contribution >= 4 is 19.7 Å². The van der Waals surface area contributed by atoms with Crippen molar-refractivity contribution < 1.29 is 24.4 Å². The number of aryl methyl sites for hydroxylation is 1. The molecule has 1 aromatic rings. The molecule has 0 radical (unpaired) electrons. The molecular weight excluding hydrogens is 255 g/mol. The normalized spacial score (nSPS) is 9.41. The predicted octanol–water partition coefficient (Wildman–Crippen LogP) is -2.38. The molecule has 100 valence electrons.